The lowest BCUT2D eigenvalue weighted by Gasteiger charge is -2.37. The van der Waals surface area contributed by atoms with Crippen molar-refractivity contribution in [1.82, 2.24) is 0 Å². The van der Waals surface area contributed by atoms with Crippen molar-refractivity contribution in [3.05, 3.63) is 60.2 Å². The molecule has 2 aliphatic carbocycles. The lowest BCUT2D eigenvalue weighted by molar-refractivity contribution is 0.171. The van der Waals surface area contributed by atoms with Crippen LogP contribution >= 0.6 is 0 Å². The molecule has 3 rings (SSSR count). The van der Waals surface area contributed by atoms with E-state index in [9.17, 15) is 0 Å². The first-order valence-electron chi connectivity index (χ1n) is 10.1. The Labute approximate surface area is 154 Å². The van der Waals surface area contributed by atoms with E-state index in [2.05, 4.69) is 55.7 Å². The molecule has 0 spiro atoms. The third kappa shape index (κ3) is 5.12. The molecule has 0 amide bonds. The maximum atomic E-state index is 3.63. The van der Waals surface area contributed by atoms with E-state index in [-0.39, 0.29) is 0 Å². The van der Waals surface area contributed by atoms with Crippen LogP contribution in [0.5, 0.6) is 0 Å². The van der Waals surface area contributed by atoms with Gasteiger partial charge in [0.25, 0.3) is 0 Å². The summed E-state index contributed by atoms with van der Waals surface area (Å²) in [6, 6.07) is 9.26. The fourth-order valence-electron chi connectivity index (χ4n) is 4.86. The molecule has 0 saturated heterocycles. The van der Waals surface area contributed by atoms with Gasteiger partial charge in [-0.2, -0.15) is 0 Å². The average molecular weight is 333 g/mol. The summed E-state index contributed by atoms with van der Waals surface area (Å²) in [7, 11) is 0. The Bertz CT molecular complexity index is 621. The van der Waals surface area contributed by atoms with Gasteiger partial charge in [-0.1, -0.05) is 54.3 Å². The van der Waals surface area contributed by atoms with Crippen LogP contribution in [0, 0.1) is 36.5 Å². The highest BCUT2D eigenvalue weighted by Gasteiger charge is 2.30. The van der Waals surface area contributed by atoms with Crippen molar-refractivity contribution in [2.45, 2.75) is 64.2 Å². The second-order valence-corrected chi connectivity index (χ2v) is 8.05. The Hall–Kier alpha value is -1.74. The molecule has 0 unspecified atom stereocenters. The highest BCUT2D eigenvalue weighted by atomic mass is 14.4. The molecule has 0 N–H and O–H groups in total. The molecule has 2 fully saturated rings. The van der Waals surface area contributed by atoms with Gasteiger partial charge in [-0.15, -0.1) is 0 Å². The topological polar surface area (TPSA) is 0 Å². The van der Waals surface area contributed by atoms with Gasteiger partial charge in [-0.05, 0) is 99.7 Å². The molecule has 0 aromatic heterocycles. The van der Waals surface area contributed by atoms with Gasteiger partial charge in [0, 0.05) is 0 Å². The normalized spacial score (nSPS) is 29.8. The Morgan fingerprint density at radius 2 is 1.44 bits per heavy atom. The summed E-state index contributed by atoms with van der Waals surface area (Å²) >= 11 is 0. The van der Waals surface area contributed by atoms with Crippen LogP contribution < -0.4 is 0 Å². The van der Waals surface area contributed by atoms with Crippen molar-refractivity contribution in [3.8, 4) is 11.8 Å². The van der Waals surface area contributed by atoms with Crippen LogP contribution in [0.1, 0.15) is 68.4 Å². The lowest BCUT2D eigenvalue weighted by atomic mass is 9.68. The smallest absolute Gasteiger partial charge is 0.0153 e. The minimum absolute atomic E-state index is 0.749. The summed E-state index contributed by atoms with van der Waals surface area (Å²) in [4.78, 5) is 0. The Morgan fingerprint density at radius 1 is 0.840 bits per heavy atom. The third-order valence-electron chi connectivity index (χ3n) is 6.44. The monoisotopic (exact) mass is 332 g/mol. The maximum Gasteiger partial charge on any atom is -0.0153 e. The molecule has 0 heteroatoms. The van der Waals surface area contributed by atoms with E-state index in [1.165, 1.54) is 56.9 Å². The maximum absolute atomic E-state index is 3.63. The standard InChI is InChI=1S/C25H32/c1-3-4-5-6-7-21-10-14-23(15-11-21)25-18-16-24(17-19-25)22-12-8-20(2)9-13-22/h3,6-9,12-13,21,23-25H,1,10-11,14-19H2,2H3/b7-6+. The van der Waals surface area contributed by atoms with Crippen LogP contribution in [0.3, 0.4) is 0 Å². The van der Waals surface area contributed by atoms with Crippen LogP contribution in [0.15, 0.2) is 49.1 Å². The number of rotatable bonds is 3. The molecule has 0 radical (unpaired) electrons. The second-order valence-electron chi connectivity index (χ2n) is 8.05. The number of aryl methyl sites for hydroxylation is 1. The Morgan fingerprint density at radius 3 is 2.04 bits per heavy atom. The first-order valence-corrected chi connectivity index (χ1v) is 10.1. The summed E-state index contributed by atoms with van der Waals surface area (Å²) in [5.41, 5.74) is 2.94. The molecular formula is C25H32. The first-order chi connectivity index (χ1) is 12.3. The zero-order valence-electron chi connectivity index (χ0n) is 15.7. The van der Waals surface area contributed by atoms with E-state index in [1.807, 2.05) is 6.08 Å². The minimum atomic E-state index is 0.749. The summed E-state index contributed by atoms with van der Waals surface area (Å²) in [5.74, 6) is 9.44. The molecule has 2 saturated carbocycles. The lowest BCUT2D eigenvalue weighted by Crippen LogP contribution is -2.25. The van der Waals surface area contributed by atoms with Crippen LogP contribution in [0.4, 0.5) is 0 Å². The van der Waals surface area contributed by atoms with Crippen LogP contribution in [0.2, 0.25) is 0 Å². The summed E-state index contributed by atoms with van der Waals surface area (Å²) in [5, 5.41) is 0. The molecule has 2 aliphatic rings. The zero-order valence-corrected chi connectivity index (χ0v) is 15.7. The molecule has 0 heterocycles. The predicted octanol–water partition coefficient (Wildman–Crippen LogP) is 6.82. The van der Waals surface area contributed by atoms with Gasteiger partial charge in [0.15, 0.2) is 0 Å². The van der Waals surface area contributed by atoms with Gasteiger partial charge in [0.1, 0.15) is 0 Å². The number of benzene rings is 1. The van der Waals surface area contributed by atoms with E-state index in [4.69, 9.17) is 0 Å². The van der Waals surface area contributed by atoms with Gasteiger partial charge >= 0.3 is 0 Å². The van der Waals surface area contributed by atoms with Gasteiger partial charge in [-0.25, -0.2) is 0 Å². The Kier molecular flexibility index (Phi) is 6.57. The van der Waals surface area contributed by atoms with Crippen molar-refractivity contribution < 1.29 is 0 Å². The van der Waals surface area contributed by atoms with E-state index >= 15 is 0 Å². The first kappa shape index (κ1) is 18.1. The van der Waals surface area contributed by atoms with Gasteiger partial charge in [0.2, 0.25) is 0 Å². The van der Waals surface area contributed by atoms with Gasteiger partial charge in [0.05, 0.1) is 0 Å². The highest BCUT2D eigenvalue weighted by molar-refractivity contribution is 5.25. The predicted molar refractivity (Wildman–Crippen MR) is 108 cm³/mol. The second kappa shape index (κ2) is 9.10. The zero-order chi connectivity index (χ0) is 17.5. The van der Waals surface area contributed by atoms with Crippen LogP contribution in [-0.4, -0.2) is 0 Å². The molecule has 0 nitrogen and oxygen atoms in total. The van der Waals surface area contributed by atoms with E-state index < -0.39 is 0 Å². The van der Waals surface area contributed by atoms with Crippen molar-refractivity contribution in [2.75, 3.05) is 0 Å². The van der Waals surface area contributed by atoms with Gasteiger partial charge < -0.3 is 0 Å². The molecule has 1 aromatic carbocycles. The fourth-order valence-corrected chi connectivity index (χ4v) is 4.86. The summed E-state index contributed by atoms with van der Waals surface area (Å²) < 4.78 is 0. The number of hydrogen-bond donors (Lipinski definition) is 0. The third-order valence-corrected chi connectivity index (χ3v) is 6.44. The molecule has 0 atom stereocenters. The van der Waals surface area contributed by atoms with Crippen molar-refractivity contribution in [3.63, 3.8) is 0 Å². The van der Waals surface area contributed by atoms with Gasteiger partial charge in [-0.3, -0.25) is 0 Å². The van der Waals surface area contributed by atoms with Crippen molar-refractivity contribution in [1.29, 1.82) is 0 Å². The molecule has 132 valence electrons. The molecule has 0 aliphatic heterocycles. The molecule has 1 aromatic rings. The quantitative estimate of drug-likeness (QED) is 0.533. The van der Waals surface area contributed by atoms with Crippen molar-refractivity contribution >= 4 is 0 Å². The highest BCUT2D eigenvalue weighted by Crippen LogP contribution is 2.44. The van der Waals surface area contributed by atoms with E-state index in [0.29, 0.717) is 0 Å². The number of hydrogen-bond acceptors (Lipinski definition) is 0. The molecule has 0 bridgehead atoms. The fraction of sp³-hybridized carbons (Fsp3) is 0.520. The largest absolute Gasteiger partial charge is 0.0906 e. The summed E-state index contributed by atoms with van der Waals surface area (Å²) in [6.07, 6.45) is 17.2. The van der Waals surface area contributed by atoms with E-state index in [1.54, 1.807) is 11.6 Å². The number of allylic oxidation sites excluding steroid dienone is 3. The average Bonchev–Trinajstić information content (AvgIpc) is 2.67. The van der Waals surface area contributed by atoms with Crippen LogP contribution in [-0.2, 0) is 0 Å². The van der Waals surface area contributed by atoms with Crippen LogP contribution in [0.25, 0.3) is 0 Å². The molecule has 25 heavy (non-hydrogen) atoms. The van der Waals surface area contributed by atoms with E-state index in [0.717, 1.165) is 23.7 Å². The van der Waals surface area contributed by atoms with Crippen molar-refractivity contribution in [2.24, 2.45) is 17.8 Å². The summed E-state index contributed by atoms with van der Waals surface area (Å²) in [6.45, 7) is 5.81. The Balaban J connectivity index is 1.44. The SMILES string of the molecule is C=CC#C/C=C/C1CCC(C2CCC(c3ccc(C)cc3)CC2)CC1. The minimum Gasteiger partial charge on any atom is -0.0906 e. The molecular weight excluding hydrogens is 300 g/mol.